The van der Waals surface area contributed by atoms with E-state index >= 15 is 0 Å². The SMILES string of the molecule is NCCc1cnoc1Br. The van der Waals surface area contributed by atoms with E-state index in [0.717, 1.165) is 12.0 Å². The van der Waals surface area contributed by atoms with Crippen LogP contribution in [0.15, 0.2) is 15.4 Å². The van der Waals surface area contributed by atoms with E-state index in [0.29, 0.717) is 11.2 Å². The summed E-state index contributed by atoms with van der Waals surface area (Å²) < 4.78 is 5.42. The average molecular weight is 191 g/mol. The second-order valence-electron chi connectivity index (χ2n) is 1.66. The number of aromatic nitrogens is 1. The topological polar surface area (TPSA) is 52.0 Å². The lowest BCUT2D eigenvalue weighted by molar-refractivity contribution is 0.399. The lowest BCUT2D eigenvalue weighted by atomic mass is 10.3. The third kappa shape index (κ3) is 1.53. The van der Waals surface area contributed by atoms with Gasteiger partial charge in [0.25, 0.3) is 0 Å². The highest BCUT2D eigenvalue weighted by molar-refractivity contribution is 9.10. The maximum Gasteiger partial charge on any atom is 0.205 e. The molecule has 0 spiro atoms. The Morgan fingerprint density at radius 2 is 2.56 bits per heavy atom. The van der Waals surface area contributed by atoms with Gasteiger partial charge in [0.05, 0.1) is 6.20 Å². The Morgan fingerprint density at radius 1 is 1.78 bits per heavy atom. The summed E-state index contributed by atoms with van der Waals surface area (Å²) in [6.07, 6.45) is 2.47. The zero-order valence-electron chi connectivity index (χ0n) is 4.80. The van der Waals surface area contributed by atoms with Gasteiger partial charge in [0.15, 0.2) is 0 Å². The van der Waals surface area contributed by atoms with Gasteiger partial charge in [-0.3, -0.25) is 0 Å². The van der Waals surface area contributed by atoms with Crippen LogP contribution in [0.1, 0.15) is 5.56 Å². The Kier molecular flexibility index (Phi) is 2.24. The molecule has 3 nitrogen and oxygen atoms in total. The van der Waals surface area contributed by atoms with Crippen molar-refractivity contribution in [2.24, 2.45) is 5.73 Å². The molecular formula is C5H7BrN2O. The quantitative estimate of drug-likeness (QED) is 0.756. The lowest BCUT2D eigenvalue weighted by Gasteiger charge is -1.87. The second-order valence-corrected chi connectivity index (χ2v) is 2.38. The minimum Gasteiger partial charge on any atom is -0.349 e. The van der Waals surface area contributed by atoms with Crippen molar-refractivity contribution >= 4 is 15.9 Å². The van der Waals surface area contributed by atoms with E-state index in [9.17, 15) is 0 Å². The molecule has 50 valence electrons. The third-order valence-corrected chi connectivity index (χ3v) is 1.66. The number of rotatable bonds is 2. The maximum atomic E-state index is 5.30. The van der Waals surface area contributed by atoms with Crippen LogP contribution in [0.2, 0.25) is 0 Å². The number of hydrogen-bond donors (Lipinski definition) is 1. The Balaban J connectivity index is 2.69. The highest BCUT2D eigenvalue weighted by atomic mass is 79.9. The molecule has 0 saturated carbocycles. The van der Waals surface area contributed by atoms with Gasteiger partial charge in [-0.15, -0.1) is 0 Å². The molecule has 0 bridgehead atoms. The summed E-state index contributed by atoms with van der Waals surface area (Å²) in [4.78, 5) is 0. The van der Waals surface area contributed by atoms with Crippen LogP contribution in [-0.2, 0) is 6.42 Å². The van der Waals surface area contributed by atoms with Gasteiger partial charge >= 0.3 is 0 Å². The normalized spacial score (nSPS) is 10.0. The molecule has 0 unspecified atom stereocenters. The molecule has 0 radical (unpaired) electrons. The van der Waals surface area contributed by atoms with Crippen molar-refractivity contribution in [1.82, 2.24) is 5.16 Å². The number of nitrogens with two attached hydrogens (primary N) is 1. The molecule has 0 aliphatic heterocycles. The number of halogens is 1. The van der Waals surface area contributed by atoms with Crippen molar-refractivity contribution in [3.05, 3.63) is 16.4 Å². The second kappa shape index (κ2) is 2.98. The first-order valence-corrected chi connectivity index (χ1v) is 3.43. The van der Waals surface area contributed by atoms with Crippen LogP contribution in [0.25, 0.3) is 0 Å². The zero-order chi connectivity index (χ0) is 6.69. The van der Waals surface area contributed by atoms with Crippen LogP contribution >= 0.6 is 15.9 Å². The van der Waals surface area contributed by atoms with Gasteiger partial charge in [-0.1, -0.05) is 5.16 Å². The molecule has 1 aromatic rings. The fourth-order valence-corrected chi connectivity index (χ4v) is 0.948. The summed E-state index contributed by atoms with van der Waals surface area (Å²) in [7, 11) is 0. The number of hydrogen-bond acceptors (Lipinski definition) is 3. The van der Waals surface area contributed by atoms with Crippen molar-refractivity contribution in [3.63, 3.8) is 0 Å². The van der Waals surface area contributed by atoms with E-state index in [1.54, 1.807) is 6.20 Å². The van der Waals surface area contributed by atoms with Gasteiger partial charge in [-0.2, -0.15) is 0 Å². The Labute approximate surface area is 61.3 Å². The van der Waals surface area contributed by atoms with Crippen molar-refractivity contribution in [1.29, 1.82) is 0 Å². The van der Waals surface area contributed by atoms with E-state index in [1.165, 1.54) is 0 Å². The van der Waals surface area contributed by atoms with Crippen LogP contribution in [0.5, 0.6) is 0 Å². The first-order valence-electron chi connectivity index (χ1n) is 2.63. The molecule has 9 heavy (non-hydrogen) atoms. The molecule has 2 N–H and O–H groups in total. The summed E-state index contributed by atoms with van der Waals surface area (Å²) in [6.45, 7) is 0.625. The average Bonchev–Trinajstić information content (AvgIpc) is 2.18. The lowest BCUT2D eigenvalue weighted by Crippen LogP contribution is -2.01. The molecule has 0 aliphatic rings. The van der Waals surface area contributed by atoms with Crippen molar-refractivity contribution in [3.8, 4) is 0 Å². The van der Waals surface area contributed by atoms with Crippen molar-refractivity contribution in [2.75, 3.05) is 6.54 Å². The predicted octanol–water partition coefficient (Wildman–Crippen LogP) is 0.938. The maximum absolute atomic E-state index is 5.30. The highest BCUT2D eigenvalue weighted by Gasteiger charge is 2.00. The summed E-state index contributed by atoms with van der Waals surface area (Å²) in [5.41, 5.74) is 6.32. The summed E-state index contributed by atoms with van der Waals surface area (Å²) in [5.74, 6) is 0. The minimum absolute atomic E-state index is 0.625. The molecular weight excluding hydrogens is 184 g/mol. The van der Waals surface area contributed by atoms with Crippen LogP contribution in [0.3, 0.4) is 0 Å². The molecule has 0 saturated heterocycles. The summed E-state index contributed by atoms with van der Waals surface area (Å²) in [6, 6.07) is 0. The molecule has 1 rings (SSSR count). The molecule has 0 fully saturated rings. The fourth-order valence-electron chi connectivity index (χ4n) is 0.564. The molecule has 1 heterocycles. The fraction of sp³-hybridized carbons (Fsp3) is 0.400. The van der Waals surface area contributed by atoms with E-state index in [1.807, 2.05) is 0 Å². The van der Waals surface area contributed by atoms with Crippen LogP contribution in [-0.4, -0.2) is 11.7 Å². The summed E-state index contributed by atoms with van der Waals surface area (Å²) >= 11 is 3.18. The van der Waals surface area contributed by atoms with Gasteiger partial charge in [-0.25, -0.2) is 0 Å². The first-order chi connectivity index (χ1) is 4.34. The molecule has 0 amide bonds. The molecule has 0 atom stereocenters. The monoisotopic (exact) mass is 190 g/mol. The molecule has 0 aliphatic carbocycles. The Morgan fingerprint density at radius 3 is 3.00 bits per heavy atom. The molecule has 4 heteroatoms. The van der Waals surface area contributed by atoms with Gasteiger partial charge in [-0.05, 0) is 28.9 Å². The van der Waals surface area contributed by atoms with E-state index in [-0.39, 0.29) is 0 Å². The van der Waals surface area contributed by atoms with Crippen molar-refractivity contribution in [2.45, 2.75) is 6.42 Å². The van der Waals surface area contributed by atoms with Crippen molar-refractivity contribution < 1.29 is 4.52 Å². The van der Waals surface area contributed by atoms with Gasteiger partial charge in [0, 0.05) is 5.56 Å². The third-order valence-electron chi connectivity index (χ3n) is 1.01. The van der Waals surface area contributed by atoms with E-state index < -0.39 is 0 Å². The smallest absolute Gasteiger partial charge is 0.205 e. The van der Waals surface area contributed by atoms with Crippen LogP contribution < -0.4 is 5.73 Å². The van der Waals surface area contributed by atoms with E-state index in [4.69, 9.17) is 10.3 Å². The summed E-state index contributed by atoms with van der Waals surface area (Å²) in [5, 5.41) is 3.56. The van der Waals surface area contributed by atoms with Gasteiger partial charge < -0.3 is 10.3 Å². The number of nitrogens with zero attached hydrogens (tertiary/aromatic N) is 1. The van der Waals surface area contributed by atoms with Crippen LogP contribution in [0.4, 0.5) is 0 Å². The van der Waals surface area contributed by atoms with Gasteiger partial charge in [0.1, 0.15) is 0 Å². The first kappa shape index (κ1) is 6.77. The molecule has 1 aromatic heterocycles. The molecule has 0 aromatic carbocycles. The van der Waals surface area contributed by atoms with Gasteiger partial charge in [0.2, 0.25) is 4.67 Å². The van der Waals surface area contributed by atoms with Crippen LogP contribution in [0, 0.1) is 0 Å². The highest BCUT2D eigenvalue weighted by Crippen LogP contribution is 2.14. The Bertz CT molecular complexity index is 187. The largest absolute Gasteiger partial charge is 0.349 e. The minimum atomic E-state index is 0.625. The predicted molar refractivity (Wildman–Crippen MR) is 37.0 cm³/mol. The standard InChI is InChI=1S/C5H7BrN2O/c6-5-4(1-2-7)3-8-9-5/h3H,1-2,7H2. The Hall–Kier alpha value is -0.350. The van der Waals surface area contributed by atoms with E-state index in [2.05, 4.69) is 21.1 Å². The zero-order valence-corrected chi connectivity index (χ0v) is 6.39.